The summed E-state index contributed by atoms with van der Waals surface area (Å²) in [5.74, 6) is -0.641. The van der Waals surface area contributed by atoms with Crippen molar-refractivity contribution in [3.8, 4) is 0 Å². The summed E-state index contributed by atoms with van der Waals surface area (Å²) in [5.41, 5.74) is 6.01. The van der Waals surface area contributed by atoms with Gasteiger partial charge in [-0.05, 0) is 45.5 Å². The highest BCUT2D eigenvalue weighted by atomic mass is 19.1. The van der Waals surface area contributed by atoms with E-state index in [1.165, 1.54) is 18.2 Å². The van der Waals surface area contributed by atoms with Gasteiger partial charge in [-0.1, -0.05) is 0 Å². The van der Waals surface area contributed by atoms with Crippen LogP contribution < -0.4 is 11.1 Å². The minimum Gasteiger partial charge on any atom is -0.396 e. The maximum absolute atomic E-state index is 13.1. The molecule has 3 unspecified atom stereocenters. The highest BCUT2D eigenvalue weighted by molar-refractivity contribution is 5.94. The maximum atomic E-state index is 13.1. The number of rotatable bonds is 4. The predicted molar refractivity (Wildman–Crippen MR) is 80.5 cm³/mol. The zero-order chi connectivity index (χ0) is 15.6. The molecule has 6 heteroatoms. The molecule has 0 radical (unpaired) electrons. The monoisotopic (exact) mass is 295 g/mol. The van der Waals surface area contributed by atoms with Gasteiger partial charge in [0.25, 0.3) is 0 Å². The fourth-order valence-electron chi connectivity index (χ4n) is 2.60. The second-order valence-corrected chi connectivity index (χ2v) is 5.50. The van der Waals surface area contributed by atoms with Crippen LogP contribution in [0, 0.1) is 5.82 Å². The van der Waals surface area contributed by atoms with Crippen molar-refractivity contribution in [1.29, 1.82) is 0 Å². The number of hydrogen-bond donors (Lipinski definition) is 2. The average Bonchev–Trinajstić information content (AvgIpc) is 2.87. The smallest absolute Gasteiger partial charge is 0.241 e. The first-order valence-corrected chi connectivity index (χ1v) is 7.09. The molecule has 2 rings (SSSR count). The molecule has 1 aromatic carbocycles. The molecule has 3 N–H and O–H groups in total. The summed E-state index contributed by atoms with van der Waals surface area (Å²) in [6.07, 6.45) is 1.03. The summed E-state index contributed by atoms with van der Waals surface area (Å²) >= 11 is 0. The third kappa shape index (κ3) is 3.51. The number of likely N-dealkylation sites (N-methyl/N-ethyl adjacent to an activating group) is 1. The summed E-state index contributed by atoms with van der Waals surface area (Å²) in [7, 11) is 1.92. The van der Waals surface area contributed by atoms with E-state index < -0.39 is 5.82 Å². The molecule has 3 atom stereocenters. The first kappa shape index (κ1) is 15.7. The van der Waals surface area contributed by atoms with Crippen molar-refractivity contribution < 1.29 is 13.9 Å². The number of carbonyl (C=O) groups is 1. The van der Waals surface area contributed by atoms with Crippen LogP contribution in [0.15, 0.2) is 18.2 Å². The highest BCUT2D eigenvalue weighted by Gasteiger charge is 2.32. The Kier molecular flexibility index (Phi) is 4.80. The van der Waals surface area contributed by atoms with Gasteiger partial charge in [0, 0.05) is 18.3 Å². The van der Waals surface area contributed by atoms with Crippen LogP contribution in [0.5, 0.6) is 0 Å². The van der Waals surface area contributed by atoms with Crippen LogP contribution in [0.2, 0.25) is 0 Å². The van der Waals surface area contributed by atoms with Crippen molar-refractivity contribution >= 4 is 17.3 Å². The summed E-state index contributed by atoms with van der Waals surface area (Å²) in [5, 5.41) is 2.76. The first-order chi connectivity index (χ1) is 9.90. The van der Waals surface area contributed by atoms with E-state index in [1.54, 1.807) is 0 Å². The molecule has 116 valence electrons. The lowest BCUT2D eigenvalue weighted by Gasteiger charge is -2.31. The lowest BCUT2D eigenvalue weighted by Crippen LogP contribution is -2.47. The number of carbonyl (C=O) groups excluding carboxylic acids is 1. The quantitative estimate of drug-likeness (QED) is 0.832. The van der Waals surface area contributed by atoms with Gasteiger partial charge in [-0.15, -0.1) is 0 Å². The molecule has 21 heavy (non-hydrogen) atoms. The summed E-state index contributed by atoms with van der Waals surface area (Å²) < 4.78 is 18.6. The van der Waals surface area contributed by atoms with E-state index in [0.29, 0.717) is 5.69 Å². The van der Waals surface area contributed by atoms with E-state index in [9.17, 15) is 9.18 Å². The van der Waals surface area contributed by atoms with Gasteiger partial charge in [-0.25, -0.2) is 4.39 Å². The molecule has 0 spiro atoms. The van der Waals surface area contributed by atoms with Gasteiger partial charge in [0.15, 0.2) is 0 Å². The number of anilines is 2. The Balaban J connectivity index is 2.00. The van der Waals surface area contributed by atoms with Crippen LogP contribution in [0.25, 0.3) is 0 Å². The van der Waals surface area contributed by atoms with Crippen molar-refractivity contribution in [3.63, 3.8) is 0 Å². The van der Waals surface area contributed by atoms with Crippen LogP contribution in [0.1, 0.15) is 20.3 Å². The number of nitrogen functional groups attached to an aromatic ring is 1. The molecular formula is C15H22FN3O2. The van der Waals surface area contributed by atoms with E-state index in [1.807, 2.05) is 25.8 Å². The zero-order valence-corrected chi connectivity index (χ0v) is 12.6. The number of nitrogens with zero attached hydrogens (tertiary/aromatic N) is 1. The molecule has 1 amide bonds. The summed E-state index contributed by atoms with van der Waals surface area (Å²) in [6.45, 7) is 4.58. The Hall–Kier alpha value is -1.66. The van der Waals surface area contributed by atoms with E-state index in [0.717, 1.165) is 13.0 Å². The molecule has 1 aliphatic heterocycles. The van der Waals surface area contributed by atoms with E-state index in [-0.39, 0.29) is 29.8 Å². The summed E-state index contributed by atoms with van der Waals surface area (Å²) in [4.78, 5) is 14.3. The molecule has 1 aliphatic rings. The van der Waals surface area contributed by atoms with Crippen molar-refractivity contribution in [2.45, 2.75) is 38.5 Å². The SMILES string of the molecule is CC1OCCC1N(C)C(C)C(=O)Nc1ccc(F)c(N)c1. The van der Waals surface area contributed by atoms with Gasteiger partial charge in [-0.2, -0.15) is 0 Å². The van der Waals surface area contributed by atoms with Crippen LogP contribution >= 0.6 is 0 Å². The van der Waals surface area contributed by atoms with E-state index in [2.05, 4.69) is 5.32 Å². The van der Waals surface area contributed by atoms with Gasteiger partial charge in [0.05, 0.1) is 17.8 Å². The average molecular weight is 295 g/mol. The molecule has 1 saturated heterocycles. The van der Waals surface area contributed by atoms with Gasteiger partial charge in [-0.3, -0.25) is 9.69 Å². The largest absolute Gasteiger partial charge is 0.396 e. The van der Waals surface area contributed by atoms with Crippen LogP contribution in [-0.2, 0) is 9.53 Å². The molecule has 1 fully saturated rings. The van der Waals surface area contributed by atoms with E-state index in [4.69, 9.17) is 10.5 Å². The molecule has 1 heterocycles. The lowest BCUT2D eigenvalue weighted by molar-refractivity contribution is -0.121. The second kappa shape index (κ2) is 6.41. The fourth-order valence-corrected chi connectivity index (χ4v) is 2.60. The number of amides is 1. The minimum atomic E-state index is -0.491. The normalized spacial score (nSPS) is 23.3. The Morgan fingerprint density at radius 1 is 1.57 bits per heavy atom. The summed E-state index contributed by atoms with van der Waals surface area (Å²) in [6, 6.07) is 4.07. The van der Waals surface area contributed by atoms with Crippen LogP contribution in [0.4, 0.5) is 15.8 Å². The van der Waals surface area contributed by atoms with Gasteiger partial charge < -0.3 is 15.8 Å². The lowest BCUT2D eigenvalue weighted by atomic mass is 10.1. The third-order valence-corrected chi connectivity index (χ3v) is 4.11. The van der Waals surface area contributed by atoms with Crippen molar-refractivity contribution in [2.24, 2.45) is 0 Å². The number of hydrogen-bond acceptors (Lipinski definition) is 4. The van der Waals surface area contributed by atoms with Crippen LogP contribution in [-0.4, -0.2) is 42.6 Å². The maximum Gasteiger partial charge on any atom is 0.241 e. The third-order valence-electron chi connectivity index (χ3n) is 4.11. The zero-order valence-electron chi connectivity index (χ0n) is 12.6. The number of nitrogens with two attached hydrogens (primary N) is 1. The Morgan fingerprint density at radius 3 is 2.86 bits per heavy atom. The molecule has 1 aromatic rings. The van der Waals surface area contributed by atoms with Gasteiger partial charge >= 0.3 is 0 Å². The molecule has 5 nitrogen and oxygen atoms in total. The second-order valence-electron chi connectivity index (χ2n) is 5.50. The van der Waals surface area contributed by atoms with Crippen molar-refractivity contribution in [1.82, 2.24) is 4.90 Å². The number of nitrogens with one attached hydrogen (secondary N) is 1. The number of halogens is 1. The first-order valence-electron chi connectivity index (χ1n) is 7.09. The molecule has 0 bridgehead atoms. The number of benzene rings is 1. The van der Waals surface area contributed by atoms with E-state index >= 15 is 0 Å². The topological polar surface area (TPSA) is 67.6 Å². The Bertz CT molecular complexity index is 524. The van der Waals surface area contributed by atoms with Gasteiger partial charge in [0.1, 0.15) is 5.82 Å². The van der Waals surface area contributed by atoms with Crippen molar-refractivity contribution in [3.05, 3.63) is 24.0 Å². The van der Waals surface area contributed by atoms with Crippen molar-refractivity contribution in [2.75, 3.05) is 24.7 Å². The Morgan fingerprint density at radius 2 is 2.29 bits per heavy atom. The van der Waals surface area contributed by atoms with Gasteiger partial charge in [0.2, 0.25) is 5.91 Å². The molecule has 0 aromatic heterocycles. The predicted octanol–water partition coefficient (Wildman–Crippen LogP) is 1.84. The molecule has 0 aliphatic carbocycles. The Labute approximate surface area is 124 Å². The molecular weight excluding hydrogens is 273 g/mol. The number of ether oxygens (including phenoxy) is 1. The van der Waals surface area contributed by atoms with Crippen LogP contribution in [0.3, 0.4) is 0 Å². The minimum absolute atomic E-state index is 0.0200. The fraction of sp³-hybridized carbons (Fsp3) is 0.533. The highest BCUT2D eigenvalue weighted by Crippen LogP contribution is 2.21. The standard InChI is InChI=1S/C15H22FN3O2/c1-9(19(3)14-6-7-21-10(14)2)15(20)18-11-4-5-12(16)13(17)8-11/h4-5,8-10,14H,6-7,17H2,1-3H3,(H,18,20). The molecule has 0 saturated carbocycles.